The molecule has 0 unspecified atom stereocenters. The van der Waals surface area contributed by atoms with Crippen LogP contribution in [0.25, 0.3) is 0 Å². The van der Waals surface area contributed by atoms with Crippen LogP contribution in [0.2, 0.25) is 0 Å². The number of carbonyl (C=O) groups is 1. The second kappa shape index (κ2) is 6.61. The Balaban J connectivity index is 2.05. The van der Waals surface area contributed by atoms with Crippen molar-refractivity contribution < 1.29 is 9.53 Å². The van der Waals surface area contributed by atoms with Crippen molar-refractivity contribution in [3.63, 3.8) is 0 Å². The highest BCUT2D eigenvalue weighted by molar-refractivity contribution is 9.10. The van der Waals surface area contributed by atoms with Crippen LogP contribution in [-0.2, 0) is 16.1 Å². The maximum Gasteiger partial charge on any atom is 0.305 e. The fourth-order valence-corrected chi connectivity index (χ4v) is 1.61. The van der Waals surface area contributed by atoms with Crippen LogP contribution in [-0.4, -0.2) is 22.9 Å². The molecule has 0 atom stereocenters. The third-order valence-corrected chi connectivity index (χ3v) is 2.51. The molecule has 0 radical (unpaired) electrons. The third kappa shape index (κ3) is 4.97. The molecule has 0 amide bonds. The molecule has 0 N–H and O–H groups in total. The van der Waals surface area contributed by atoms with Crippen molar-refractivity contribution in [1.29, 1.82) is 0 Å². The number of methoxy groups -OCH3 is 1. The summed E-state index contributed by atoms with van der Waals surface area (Å²) in [4.78, 5) is 10.8. The predicted octanol–water partition coefficient (Wildman–Crippen LogP) is 2.38. The molecular weight excluding hydrogens is 260 g/mol. The zero-order chi connectivity index (χ0) is 11.1. The summed E-state index contributed by atoms with van der Waals surface area (Å²) in [6.07, 6.45) is 7.17. The van der Waals surface area contributed by atoms with Crippen molar-refractivity contribution in [2.45, 2.75) is 32.2 Å². The number of ether oxygens (including phenoxy) is 1. The van der Waals surface area contributed by atoms with Crippen LogP contribution in [0.5, 0.6) is 0 Å². The highest BCUT2D eigenvalue weighted by Gasteiger charge is 1.99. The van der Waals surface area contributed by atoms with Crippen molar-refractivity contribution in [3.05, 3.63) is 16.9 Å². The predicted molar refractivity (Wildman–Crippen MR) is 60.4 cm³/mol. The minimum atomic E-state index is -0.128. The van der Waals surface area contributed by atoms with E-state index in [4.69, 9.17) is 0 Å². The third-order valence-electron chi connectivity index (χ3n) is 2.10. The molecule has 5 heteroatoms. The van der Waals surface area contributed by atoms with E-state index in [1.807, 2.05) is 10.9 Å². The molecule has 0 aromatic carbocycles. The van der Waals surface area contributed by atoms with Crippen LogP contribution < -0.4 is 0 Å². The summed E-state index contributed by atoms with van der Waals surface area (Å²) < 4.78 is 7.44. The van der Waals surface area contributed by atoms with Gasteiger partial charge in [-0.05, 0) is 28.8 Å². The van der Waals surface area contributed by atoms with Gasteiger partial charge < -0.3 is 4.74 Å². The Bertz CT molecular complexity index is 312. The van der Waals surface area contributed by atoms with Crippen molar-refractivity contribution in [1.82, 2.24) is 9.78 Å². The molecule has 0 aliphatic rings. The average Bonchev–Trinajstić information content (AvgIpc) is 2.63. The number of carbonyl (C=O) groups excluding carboxylic acids is 1. The van der Waals surface area contributed by atoms with Gasteiger partial charge in [0.1, 0.15) is 0 Å². The first-order valence-electron chi connectivity index (χ1n) is 4.97. The van der Waals surface area contributed by atoms with Crippen molar-refractivity contribution in [2.75, 3.05) is 7.11 Å². The first kappa shape index (κ1) is 12.2. The minimum Gasteiger partial charge on any atom is -0.469 e. The molecule has 0 saturated heterocycles. The Kier molecular flexibility index (Phi) is 5.39. The highest BCUT2D eigenvalue weighted by Crippen LogP contribution is 2.08. The molecule has 1 rings (SSSR count). The SMILES string of the molecule is COC(=O)CCCCCn1cc(Br)cn1. The van der Waals surface area contributed by atoms with Gasteiger partial charge >= 0.3 is 5.97 Å². The zero-order valence-corrected chi connectivity index (χ0v) is 10.4. The maximum absolute atomic E-state index is 10.8. The van der Waals surface area contributed by atoms with E-state index in [2.05, 4.69) is 25.8 Å². The van der Waals surface area contributed by atoms with E-state index in [0.29, 0.717) is 6.42 Å². The van der Waals surface area contributed by atoms with Gasteiger partial charge in [-0.2, -0.15) is 5.10 Å². The lowest BCUT2D eigenvalue weighted by molar-refractivity contribution is -0.140. The molecular formula is C10H15BrN2O2. The van der Waals surface area contributed by atoms with Crippen molar-refractivity contribution in [2.24, 2.45) is 0 Å². The number of hydrogen-bond donors (Lipinski definition) is 0. The van der Waals surface area contributed by atoms with Crippen molar-refractivity contribution >= 4 is 21.9 Å². The highest BCUT2D eigenvalue weighted by atomic mass is 79.9. The van der Waals surface area contributed by atoms with E-state index < -0.39 is 0 Å². The second-order valence-electron chi connectivity index (χ2n) is 3.31. The summed E-state index contributed by atoms with van der Waals surface area (Å²) in [5, 5.41) is 4.14. The Labute approximate surface area is 97.7 Å². The lowest BCUT2D eigenvalue weighted by Crippen LogP contribution is -2.01. The molecule has 15 heavy (non-hydrogen) atoms. The molecule has 4 nitrogen and oxygen atoms in total. The molecule has 0 spiro atoms. The van der Waals surface area contributed by atoms with E-state index in [1.165, 1.54) is 7.11 Å². The number of aromatic nitrogens is 2. The second-order valence-corrected chi connectivity index (χ2v) is 4.22. The molecule has 0 bridgehead atoms. The first-order chi connectivity index (χ1) is 7.22. The molecule has 84 valence electrons. The summed E-state index contributed by atoms with van der Waals surface area (Å²) in [5.41, 5.74) is 0. The number of rotatable bonds is 6. The Morgan fingerprint density at radius 1 is 1.53 bits per heavy atom. The number of unbranched alkanes of at least 4 members (excludes halogenated alkanes) is 2. The Hall–Kier alpha value is -0.840. The quantitative estimate of drug-likeness (QED) is 0.591. The van der Waals surface area contributed by atoms with Gasteiger partial charge in [-0.15, -0.1) is 0 Å². The van der Waals surface area contributed by atoms with Gasteiger partial charge in [-0.3, -0.25) is 9.48 Å². The van der Waals surface area contributed by atoms with Gasteiger partial charge in [-0.1, -0.05) is 6.42 Å². The average molecular weight is 275 g/mol. The number of aryl methyl sites for hydroxylation is 1. The fourth-order valence-electron chi connectivity index (χ4n) is 1.28. The smallest absolute Gasteiger partial charge is 0.305 e. The van der Waals surface area contributed by atoms with E-state index in [9.17, 15) is 4.79 Å². The van der Waals surface area contributed by atoms with E-state index in [1.54, 1.807) is 6.20 Å². The van der Waals surface area contributed by atoms with E-state index in [-0.39, 0.29) is 5.97 Å². The van der Waals surface area contributed by atoms with Crippen LogP contribution in [0.4, 0.5) is 0 Å². The van der Waals surface area contributed by atoms with Gasteiger partial charge in [0.05, 0.1) is 17.8 Å². The van der Waals surface area contributed by atoms with E-state index in [0.717, 1.165) is 30.3 Å². The standard InChI is InChI=1S/C10H15BrN2O2/c1-15-10(14)5-3-2-4-6-13-8-9(11)7-12-13/h7-8H,2-6H2,1H3. The molecule has 0 aliphatic carbocycles. The minimum absolute atomic E-state index is 0.128. The summed E-state index contributed by atoms with van der Waals surface area (Å²) in [7, 11) is 1.42. The molecule has 0 aliphatic heterocycles. The molecule has 0 saturated carbocycles. The summed E-state index contributed by atoms with van der Waals surface area (Å²) in [6, 6.07) is 0. The van der Waals surface area contributed by atoms with Crippen LogP contribution in [0, 0.1) is 0 Å². The van der Waals surface area contributed by atoms with Crippen LogP contribution in [0.15, 0.2) is 16.9 Å². The summed E-state index contributed by atoms with van der Waals surface area (Å²) >= 11 is 3.34. The fraction of sp³-hybridized carbons (Fsp3) is 0.600. The maximum atomic E-state index is 10.8. The molecule has 1 aromatic heterocycles. The topological polar surface area (TPSA) is 44.1 Å². The van der Waals surface area contributed by atoms with Gasteiger partial charge in [-0.25, -0.2) is 0 Å². The van der Waals surface area contributed by atoms with Crippen LogP contribution >= 0.6 is 15.9 Å². The normalized spacial score (nSPS) is 10.3. The van der Waals surface area contributed by atoms with Crippen LogP contribution in [0.1, 0.15) is 25.7 Å². The Morgan fingerprint density at radius 2 is 2.33 bits per heavy atom. The van der Waals surface area contributed by atoms with Gasteiger partial charge in [0.15, 0.2) is 0 Å². The lowest BCUT2D eigenvalue weighted by Gasteiger charge is -2.01. The Morgan fingerprint density at radius 3 is 2.93 bits per heavy atom. The largest absolute Gasteiger partial charge is 0.469 e. The molecule has 1 heterocycles. The number of esters is 1. The number of nitrogens with zero attached hydrogens (tertiary/aromatic N) is 2. The zero-order valence-electron chi connectivity index (χ0n) is 8.78. The number of halogens is 1. The monoisotopic (exact) mass is 274 g/mol. The molecule has 1 aromatic rings. The molecule has 0 fully saturated rings. The van der Waals surface area contributed by atoms with E-state index >= 15 is 0 Å². The number of hydrogen-bond acceptors (Lipinski definition) is 3. The summed E-state index contributed by atoms with van der Waals surface area (Å²) in [6.45, 7) is 0.896. The van der Waals surface area contributed by atoms with Crippen molar-refractivity contribution in [3.8, 4) is 0 Å². The van der Waals surface area contributed by atoms with Gasteiger partial charge in [0.25, 0.3) is 0 Å². The summed E-state index contributed by atoms with van der Waals surface area (Å²) in [5.74, 6) is -0.128. The van der Waals surface area contributed by atoms with Crippen LogP contribution in [0.3, 0.4) is 0 Å². The van der Waals surface area contributed by atoms with Gasteiger partial charge in [0.2, 0.25) is 0 Å². The lowest BCUT2D eigenvalue weighted by atomic mass is 10.2. The van der Waals surface area contributed by atoms with Gasteiger partial charge in [0, 0.05) is 19.2 Å². The first-order valence-corrected chi connectivity index (χ1v) is 5.76.